The van der Waals surface area contributed by atoms with Crippen molar-refractivity contribution in [3.63, 3.8) is 0 Å². The lowest BCUT2D eigenvalue weighted by Crippen LogP contribution is -2.10. The van der Waals surface area contributed by atoms with E-state index in [2.05, 4.69) is 6.58 Å². The molecule has 17 heavy (non-hydrogen) atoms. The highest BCUT2D eigenvalue weighted by atomic mass is 32.2. The molecule has 1 N–H and O–H groups in total. The summed E-state index contributed by atoms with van der Waals surface area (Å²) in [6.07, 6.45) is 1.15. The van der Waals surface area contributed by atoms with E-state index in [0.717, 1.165) is 18.2 Å². The molecule has 0 fully saturated rings. The quantitative estimate of drug-likeness (QED) is 0.836. The van der Waals surface area contributed by atoms with E-state index in [1.165, 1.54) is 6.92 Å². The Hall–Kier alpha value is -1.69. The second-order valence-corrected chi connectivity index (χ2v) is 5.43. The molecule has 1 rings (SSSR count). The first-order chi connectivity index (χ1) is 7.81. The number of sulfone groups is 1. The summed E-state index contributed by atoms with van der Waals surface area (Å²) in [6, 6.07) is 2.04. The zero-order chi connectivity index (χ0) is 13.2. The van der Waals surface area contributed by atoms with Crippen LogP contribution in [0.1, 0.15) is 15.9 Å². The fraction of sp³-hybridized carbons (Fsp3) is 0.182. The van der Waals surface area contributed by atoms with E-state index in [4.69, 9.17) is 5.11 Å². The van der Waals surface area contributed by atoms with Crippen molar-refractivity contribution in [1.82, 2.24) is 0 Å². The highest BCUT2D eigenvalue weighted by Crippen LogP contribution is 2.22. The van der Waals surface area contributed by atoms with E-state index in [9.17, 15) is 17.6 Å². The second kappa shape index (κ2) is 4.67. The maximum atomic E-state index is 13.8. The molecule has 1 aromatic carbocycles. The molecule has 0 aromatic heterocycles. The van der Waals surface area contributed by atoms with E-state index in [-0.39, 0.29) is 11.1 Å². The first-order valence-electron chi connectivity index (χ1n) is 4.67. The molecule has 0 aliphatic carbocycles. The second-order valence-electron chi connectivity index (χ2n) is 3.43. The average Bonchev–Trinajstić information content (AvgIpc) is 2.20. The Kier molecular flexibility index (Phi) is 3.67. The van der Waals surface area contributed by atoms with Gasteiger partial charge in [0.05, 0.1) is 11.3 Å². The molecule has 0 saturated carbocycles. The van der Waals surface area contributed by atoms with Crippen LogP contribution in [0.15, 0.2) is 29.7 Å². The van der Waals surface area contributed by atoms with Crippen LogP contribution in [0.4, 0.5) is 4.39 Å². The van der Waals surface area contributed by atoms with Crippen molar-refractivity contribution in [1.29, 1.82) is 0 Å². The van der Waals surface area contributed by atoms with E-state index in [1.807, 2.05) is 0 Å². The van der Waals surface area contributed by atoms with Gasteiger partial charge in [0.15, 0.2) is 9.84 Å². The number of benzene rings is 1. The molecule has 0 bridgehead atoms. The summed E-state index contributed by atoms with van der Waals surface area (Å²) in [5.41, 5.74) is -0.442. The van der Waals surface area contributed by atoms with Crippen molar-refractivity contribution >= 4 is 15.8 Å². The summed E-state index contributed by atoms with van der Waals surface area (Å²) in [4.78, 5) is 10.2. The van der Waals surface area contributed by atoms with Crippen molar-refractivity contribution in [3.05, 3.63) is 41.7 Å². The molecule has 0 amide bonds. The Morgan fingerprint density at radius 2 is 2.12 bits per heavy atom. The lowest BCUT2D eigenvalue weighted by atomic mass is 10.1. The van der Waals surface area contributed by atoms with Gasteiger partial charge in [-0.15, -0.1) is 6.58 Å². The van der Waals surface area contributed by atoms with Gasteiger partial charge >= 0.3 is 5.97 Å². The maximum Gasteiger partial charge on any atom is 0.336 e. The Morgan fingerprint density at radius 1 is 1.53 bits per heavy atom. The van der Waals surface area contributed by atoms with Crippen molar-refractivity contribution in [3.8, 4) is 0 Å². The Labute approximate surface area is 98.3 Å². The van der Waals surface area contributed by atoms with Gasteiger partial charge in [-0.2, -0.15) is 0 Å². The third-order valence-corrected chi connectivity index (χ3v) is 3.91. The molecule has 6 heteroatoms. The minimum Gasteiger partial charge on any atom is -0.478 e. The van der Waals surface area contributed by atoms with Crippen molar-refractivity contribution < 1.29 is 22.7 Å². The fourth-order valence-corrected chi connectivity index (χ4v) is 2.57. The van der Waals surface area contributed by atoms with Gasteiger partial charge < -0.3 is 5.11 Å². The van der Waals surface area contributed by atoms with Crippen LogP contribution >= 0.6 is 0 Å². The molecular formula is C11H11FO4S. The van der Waals surface area contributed by atoms with Crippen LogP contribution in [0.25, 0.3) is 0 Å². The van der Waals surface area contributed by atoms with Crippen molar-refractivity contribution in [2.75, 3.05) is 5.75 Å². The summed E-state index contributed by atoms with van der Waals surface area (Å²) in [5, 5.41) is 8.75. The number of rotatable bonds is 4. The van der Waals surface area contributed by atoms with Crippen LogP contribution < -0.4 is 0 Å². The predicted octanol–water partition coefficient (Wildman–Crippen LogP) is 1.79. The van der Waals surface area contributed by atoms with Gasteiger partial charge in [0, 0.05) is 5.56 Å². The lowest BCUT2D eigenvalue weighted by Gasteiger charge is -2.08. The summed E-state index contributed by atoms with van der Waals surface area (Å²) < 4.78 is 37.0. The SMILES string of the molecule is C=CCS(=O)(=O)c1ccc(C(=O)O)c(C)c1F. The first-order valence-corrected chi connectivity index (χ1v) is 6.32. The maximum absolute atomic E-state index is 13.8. The molecule has 0 heterocycles. The van der Waals surface area contributed by atoms with Crippen LogP contribution in [0.5, 0.6) is 0 Å². The monoisotopic (exact) mass is 258 g/mol. The minimum absolute atomic E-state index is 0.192. The van der Waals surface area contributed by atoms with Gasteiger partial charge in [-0.3, -0.25) is 0 Å². The van der Waals surface area contributed by atoms with Gasteiger partial charge in [0.1, 0.15) is 10.7 Å². The van der Waals surface area contributed by atoms with Crippen LogP contribution in [-0.2, 0) is 9.84 Å². The summed E-state index contributed by atoms with van der Waals surface area (Å²) in [5.74, 6) is -2.71. The fourth-order valence-electron chi connectivity index (χ4n) is 1.38. The van der Waals surface area contributed by atoms with Crippen molar-refractivity contribution in [2.24, 2.45) is 0 Å². The van der Waals surface area contributed by atoms with Crippen LogP contribution in [0, 0.1) is 12.7 Å². The smallest absolute Gasteiger partial charge is 0.336 e. The summed E-state index contributed by atoms with van der Waals surface area (Å²) in [6.45, 7) is 4.50. The van der Waals surface area contributed by atoms with Gasteiger partial charge in [-0.1, -0.05) is 6.08 Å². The molecule has 0 atom stereocenters. The molecule has 0 saturated heterocycles. The molecule has 0 spiro atoms. The molecular weight excluding hydrogens is 247 g/mol. The van der Waals surface area contributed by atoms with Crippen LogP contribution in [-0.4, -0.2) is 25.2 Å². The zero-order valence-electron chi connectivity index (χ0n) is 9.10. The number of carboxylic acids is 1. The number of hydrogen-bond donors (Lipinski definition) is 1. The van der Waals surface area contributed by atoms with Gasteiger partial charge in [-0.05, 0) is 19.1 Å². The highest BCUT2D eigenvalue weighted by Gasteiger charge is 2.22. The minimum atomic E-state index is -3.79. The molecule has 0 aliphatic heterocycles. The predicted molar refractivity (Wildman–Crippen MR) is 60.3 cm³/mol. The number of halogens is 1. The van der Waals surface area contributed by atoms with E-state index >= 15 is 0 Å². The summed E-state index contributed by atoms with van der Waals surface area (Å²) >= 11 is 0. The molecule has 1 aromatic rings. The van der Waals surface area contributed by atoms with E-state index in [0.29, 0.717) is 0 Å². The Morgan fingerprint density at radius 3 is 2.59 bits per heavy atom. The van der Waals surface area contributed by atoms with E-state index < -0.39 is 32.3 Å². The zero-order valence-corrected chi connectivity index (χ0v) is 9.92. The number of aromatic carboxylic acids is 1. The van der Waals surface area contributed by atoms with Gasteiger partial charge in [0.2, 0.25) is 0 Å². The van der Waals surface area contributed by atoms with Crippen molar-refractivity contribution in [2.45, 2.75) is 11.8 Å². The Balaban J connectivity index is 3.46. The first kappa shape index (κ1) is 13.4. The van der Waals surface area contributed by atoms with Crippen LogP contribution in [0.3, 0.4) is 0 Å². The third-order valence-electron chi connectivity index (χ3n) is 2.25. The number of hydrogen-bond acceptors (Lipinski definition) is 3. The number of carboxylic acid groups (broad SMARTS) is 1. The molecule has 0 radical (unpaired) electrons. The van der Waals surface area contributed by atoms with Gasteiger partial charge in [0.25, 0.3) is 0 Å². The normalized spacial score (nSPS) is 11.2. The standard InChI is InChI=1S/C11H11FO4S/c1-3-6-17(15,16)9-5-4-8(11(13)14)7(2)10(9)12/h3-5H,1,6H2,2H3,(H,13,14). The number of carbonyl (C=O) groups is 1. The molecule has 4 nitrogen and oxygen atoms in total. The molecule has 0 aliphatic rings. The third kappa shape index (κ3) is 2.52. The van der Waals surface area contributed by atoms with E-state index in [1.54, 1.807) is 0 Å². The topological polar surface area (TPSA) is 71.4 Å². The largest absolute Gasteiger partial charge is 0.478 e. The molecule has 92 valence electrons. The van der Waals surface area contributed by atoms with Gasteiger partial charge in [-0.25, -0.2) is 17.6 Å². The highest BCUT2D eigenvalue weighted by molar-refractivity contribution is 7.91. The average molecular weight is 258 g/mol. The molecule has 0 unspecified atom stereocenters. The summed E-state index contributed by atoms with van der Waals surface area (Å²) in [7, 11) is -3.79. The lowest BCUT2D eigenvalue weighted by molar-refractivity contribution is 0.0695. The van der Waals surface area contributed by atoms with Crippen LogP contribution in [0.2, 0.25) is 0 Å². The Bertz CT molecular complexity index is 575.